The summed E-state index contributed by atoms with van der Waals surface area (Å²) < 4.78 is 6.11. The van der Waals surface area contributed by atoms with E-state index in [0.29, 0.717) is 0 Å². The van der Waals surface area contributed by atoms with Crippen LogP contribution in [0.15, 0.2) is 54.6 Å². The molecular formula is C25H34N2O2. The van der Waals surface area contributed by atoms with Crippen molar-refractivity contribution in [2.45, 2.75) is 38.5 Å². The first-order valence-electron chi connectivity index (χ1n) is 10.9. The van der Waals surface area contributed by atoms with Crippen molar-refractivity contribution in [2.75, 3.05) is 33.3 Å². The Kier molecular flexibility index (Phi) is 8.57. The number of ether oxygens (including phenoxy) is 1. The summed E-state index contributed by atoms with van der Waals surface area (Å²) in [6.07, 6.45) is 6.18. The van der Waals surface area contributed by atoms with E-state index in [1.165, 1.54) is 11.1 Å². The van der Waals surface area contributed by atoms with Gasteiger partial charge in [0, 0.05) is 13.0 Å². The van der Waals surface area contributed by atoms with Crippen molar-refractivity contribution >= 4 is 5.91 Å². The highest BCUT2D eigenvalue weighted by molar-refractivity contribution is 5.78. The van der Waals surface area contributed by atoms with Gasteiger partial charge in [-0.15, -0.1) is 0 Å². The van der Waals surface area contributed by atoms with Crippen LogP contribution in [0.5, 0.6) is 5.75 Å². The molecule has 0 aromatic heterocycles. The van der Waals surface area contributed by atoms with Gasteiger partial charge in [0.2, 0.25) is 5.91 Å². The number of amides is 1. The smallest absolute Gasteiger partial charge is 0.222 e. The highest BCUT2D eigenvalue weighted by atomic mass is 16.5. The molecule has 0 atom stereocenters. The molecule has 1 aliphatic rings. The second kappa shape index (κ2) is 11.6. The van der Waals surface area contributed by atoms with Crippen molar-refractivity contribution in [3.8, 4) is 5.75 Å². The third-order valence-corrected chi connectivity index (χ3v) is 5.83. The maximum absolute atomic E-state index is 11.7. The molecule has 0 unspecified atom stereocenters. The van der Waals surface area contributed by atoms with Gasteiger partial charge in [-0.2, -0.15) is 0 Å². The van der Waals surface area contributed by atoms with E-state index in [-0.39, 0.29) is 11.8 Å². The summed E-state index contributed by atoms with van der Waals surface area (Å²) in [6, 6.07) is 19.0. The Morgan fingerprint density at radius 2 is 1.72 bits per heavy atom. The molecule has 2 aromatic carbocycles. The Morgan fingerprint density at radius 1 is 1.00 bits per heavy atom. The molecule has 1 saturated heterocycles. The number of hydrogen-bond donors (Lipinski definition) is 1. The summed E-state index contributed by atoms with van der Waals surface area (Å²) >= 11 is 0. The van der Waals surface area contributed by atoms with Crippen molar-refractivity contribution in [3.63, 3.8) is 0 Å². The standard InChI is InChI=1S/C25H34N2O2/c1-26-25(28)23-15-18-27(19-16-23)17-7-8-20-29-24-12-6-5-11-22(24)14-13-21-9-3-2-4-10-21/h2-6,9-12,23H,7-8,13-20H2,1H3,(H,26,28). The van der Waals surface area contributed by atoms with E-state index in [2.05, 4.69) is 64.8 Å². The SMILES string of the molecule is CNC(=O)C1CCN(CCCCOc2ccccc2CCc2ccccc2)CC1. The second-order valence-corrected chi connectivity index (χ2v) is 7.88. The number of nitrogens with zero attached hydrogens (tertiary/aromatic N) is 1. The second-order valence-electron chi connectivity index (χ2n) is 7.88. The van der Waals surface area contributed by atoms with Gasteiger partial charge in [-0.3, -0.25) is 4.79 Å². The van der Waals surface area contributed by atoms with Crippen molar-refractivity contribution in [3.05, 3.63) is 65.7 Å². The Hall–Kier alpha value is -2.33. The van der Waals surface area contributed by atoms with Crippen molar-refractivity contribution in [2.24, 2.45) is 5.92 Å². The fourth-order valence-corrected chi connectivity index (χ4v) is 4.02. The van der Waals surface area contributed by atoms with E-state index in [1.807, 2.05) is 0 Å². The molecule has 1 aliphatic heterocycles. The number of likely N-dealkylation sites (tertiary alicyclic amines) is 1. The van der Waals surface area contributed by atoms with Crippen molar-refractivity contribution in [1.29, 1.82) is 0 Å². The molecule has 3 rings (SSSR count). The zero-order valence-corrected chi connectivity index (χ0v) is 17.6. The van der Waals surface area contributed by atoms with Crippen LogP contribution < -0.4 is 10.1 Å². The third-order valence-electron chi connectivity index (χ3n) is 5.83. The average Bonchev–Trinajstić information content (AvgIpc) is 2.78. The number of nitrogens with one attached hydrogen (secondary N) is 1. The Balaban J connectivity index is 1.34. The molecule has 1 amide bonds. The molecule has 0 spiro atoms. The van der Waals surface area contributed by atoms with E-state index in [4.69, 9.17) is 4.74 Å². The quantitative estimate of drug-likeness (QED) is 0.617. The summed E-state index contributed by atoms with van der Waals surface area (Å²) in [5.41, 5.74) is 2.65. The van der Waals surface area contributed by atoms with Crippen molar-refractivity contribution < 1.29 is 9.53 Å². The number of hydrogen-bond acceptors (Lipinski definition) is 3. The van der Waals surface area contributed by atoms with E-state index >= 15 is 0 Å². The van der Waals surface area contributed by atoms with Gasteiger partial charge in [0.1, 0.15) is 5.75 Å². The summed E-state index contributed by atoms with van der Waals surface area (Å²) in [6.45, 7) is 3.92. The minimum Gasteiger partial charge on any atom is -0.493 e. The lowest BCUT2D eigenvalue weighted by molar-refractivity contribution is -0.125. The highest BCUT2D eigenvalue weighted by Crippen LogP contribution is 2.21. The molecule has 4 nitrogen and oxygen atoms in total. The predicted molar refractivity (Wildman–Crippen MR) is 118 cm³/mol. The lowest BCUT2D eigenvalue weighted by Crippen LogP contribution is -2.39. The van der Waals surface area contributed by atoms with Gasteiger partial charge in [-0.1, -0.05) is 48.5 Å². The first-order valence-corrected chi connectivity index (χ1v) is 10.9. The summed E-state index contributed by atoms with van der Waals surface area (Å²) in [7, 11) is 1.73. The fraction of sp³-hybridized carbons (Fsp3) is 0.480. The molecule has 1 fully saturated rings. The van der Waals surface area contributed by atoms with Crippen LogP contribution in [0.25, 0.3) is 0 Å². The third kappa shape index (κ3) is 6.90. The van der Waals surface area contributed by atoms with Crippen LogP contribution in [0.3, 0.4) is 0 Å². The molecule has 29 heavy (non-hydrogen) atoms. The van der Waals surface area contributed by atoms with E-state index in [0.717, 1.165) is 70.5 Å². The minimum atomic E-state index is 0.198. The van der Waals surface area contributed by atoms with Crippen LogP contribution in [0, 0.1) is 5.92 Å². The fourth-order valence-electron chi connectivity index (χ4n) is 4.02. The molecule has 2 aromatic rings. The topological polar surface area (TPSA) is 41.6 Å². The van der Waals surface area contributed by atoms with Crippen LogP contribution in [0.1, 0.15) is 36.8 Å². The summed E-state index contributed by atoms with van der Waals surface area (Å²) in [5, 5.41) is 2.77. The number of aryl methyl sites for hydroxylation is 2. The van der Waals surface area contributed by atoms with Crippen LogP contribution in [-0.4, -0.2) is 44.1 Å². The first kappa shape index (κ1) is 21.4. The van der Waals surface area contributed by atoms with E-state index < -0.39 is 0 Å². The molecule has 0 bridgehead atoms. The van der Waals surface area contributed by atoms with Gasteiger partial charge in [0.15, 0.2) is 0 Å². The largest absolute Gasteiger partial charge is 0.493 e. The molecule has 1 heterocycles. The lowest BCUT2D eigenvalue weighted by atomic mass is 9.96. The number of carbonyl (C=O) groups excluding carboxylic acids is 1. The molecule has 0 saturated carbocycles. The highest BCUT2D eigenvalue weighted by Gasteiger charge is 2.23. The number of benzene rings is 2. The van der Waals surface area contributed by atoms with E-state index in [1.54, 1.807) is 7.05 Å². The maximum Gasteiger partial charge on any atom is 0.222 e. The molecule has 1 N–H and O–H groups in total. The first-order chi connectivity index (χ1) is 14.3. The number of para-hydroxylation sites is 1. The number of carbonyl (C=O) groups is 1. The van der Waals surface area contributed by atoms with Crippen molar-refractivity contribution in [1.82, 2.24) is 10.2 Å². The van der Waals surface area contributed by atoms with Gasteiger partial charge in [0.25, 0.3) is 0 Å². The normalized spacial score (nSPS) is 15.2. The number of rotatable bonds is 10. The lowest BCUT2D eigenvalue weighted by Gasteiger charge is -2.30. The molecule has 0 radical (unpaired) electrons. The molecular weight excluding hydrogens is 360 g/mol. The van der Waals surface area contributed by atoms with Crippen LogP contribution >= 0.6 is 0 Å². The molecule has 0 aliphatic carbocycles. The van der Waals surface area contributed by atoms with Gasteiger partial charge in [0.05, 0.1) is 6.61 Å². The van der Waals surface area contributed by atoms with Gasteiger partial charge >= 0.3 is 0 Å². The van der Waals surface area contributed by atoms with Gasteiger partial charge in [-0.25, -0.2) is 0 Å². The van der Waals surface area contributed by atoms with Gasteiger partial charge < -0.3 is 15.0 Å². The molecule has 4 heteroatoms. The zero-order valence-electron chi connectivity index (χ0n) is 17.6. The number of piperidine rings is 1. The van der Waals surface area contributed by atoms with Gasteiger partial charge in [-0.05, 0) is 75.4 Å². The Labute approximate surface area is 175 Å². The van der Waals surface area contributed by atoms with Crippen LogP contribution in [-0.2, 0) is 17.6 Å². The summed E-state index contributed by atoms with van der Waals surface area (Å²) in [4.78, 5) is 14.2. The average molecular weight is 395 g/mol. The zero-order chi connectivity index (χ0) is 20.3. The number of unbranched alkanes of at least 4 members (excludes halogenated alkanes) is 1. The van der Waals surface area contributed by atoms with Crippen LogP contribution in [0.2, 0.25) is 0 Å². The Morgan fingerprint density at radius 3 is 2.48 bits per heavy atom. The monoisotopic (exact) mass is 394 g/mol. The minimum absolute atomic E-state index is 0.198. The van der Waals surface area contributed by atoms with E-state index in [9.17, 15) is 4.79 Å². The Bertz CT molecular complexity index is 739. The van der Waals surface area contributed by atoms with Crippen LogP contribution in [0.4, 0.5) is 0 Å². The molecule has 156 valence electrons. The maximum atomic E-state index is 11.7. The predicted octanol–water partition coefficient (Wildman–Crippen LogP) is 4.09. The summed E-state index contributed by atoms with van der Waals surface area (Å²) in [5.74, 6) is 1.42.